The largest absolute Gasteiger partial charge is 0.339 e. The zero-order chi connectivity index (χ0) is 13.0. The summed E-state index contributed by atoms with van der Waals surface area (Å²) in [6.07, 6.45) is -0.138. The van der Waals surface area contributed by atoms with Crippen LogP contribution in [0.3, 0.4) is 0 Å². The van der Waals surface area contributed by atoms with Crippen molar-refractivity contribution in [3.05, 3.63) is 29.8 Å². The number of ether oxygens (including phenoxy) is 2. The molecule has 0 unspecified atom stereocenters. The molecule has 2 aliphatic heterocycles. The van der Waals surface area contributed by atoms with Crippen molar-refractivity contribution < 1.29 is 17.9 Å². The van der Waals surface area contributed by atoms with E-state index in [9.17, 15) is 8.42 Å². The van der Waals surface area contributed by atoms with Gasteiger partial charge in [0.05, 0.1) is 23.6 Å². The molecule has 6 heteroatoms. The van der Waals surface area contributed by atoms with Crippen LogP contribution in [0.5, 0.6) is 0 Å². The number of fused-ring (bicyclic) bond motifs is 2. The number of rotatable bonds is 0. The van der Waals surface area contributed by atoms with Crippen molar-refractivity contribution in [2.45, 2.75) is 36.7 Å². The minimum Gasteiger partial charge on any atom is -0.339 e. The van der Waals surface area contributed by atoms with Crippen LogP contribution >= 0.6 is 0 Å². The van der Waals surface area contributed by atoms with E-state index in [4.69, 9.17) is 9.47 Å². The minimum absolute atomic E-state index is 0.0688. The van der Waals surface area contributed by atoms with Gasteiger partial charge in [-0.2, -0.15) is 0 Å². The van der Waals surface area contributed by atoms with Gasteiger partial charge >= 0.3 is 0 Å². The highest BCUT2D eigenvalue weighted by atomic mass is 32.2. The topological polar surface area (TPSA) is 64.6 Å². The lowest BCUT2D eigenvalue weighted by atomic mass is 10.1. The smallest absolute Gasteiger partial charge is 0.241 e. The Morgan fingerprint density at radius 3 is 2.50 bits per heavy atom. The predicted octanol–water partition coefficient (Wildman–Crippen LogP) is 0.955. The Bertz CT molecular complexity index is 573. The number of hydrogen-bond donors (Lipinski definition) is 1. The lowest BCUT2D eigenvalue weighted by Crippen LogP contribution is -2.47. The van der Waals surface area contributed by atoms with Crippen molar-refractivity contribution in [1.82, 2.24) is 4.72 Å². The second-order valence-corrected chi connectivity index (χ2v) is 6.45. The summed E-state index contributed by atoms with van der Waals surface area (Å²) < 4.78 is 38.2. The molecule has 1 fully saturated rings. The van der Waals surface area contributed by atoms with E-state index >= 15 is 0 Å². The number of hydrogen-bond acceptors (Lipinski definition) is 4. The SMILES string of the molecule is C[C@H]1OC2(CNS(=O)(=O)c3ccccc32)O[C@@H]1C. The molecule has 0 bridgehead atoms. The monoisotopic (exact) mass is 269 g/mol. The first-order valence-corrected chi connectivity index (χ1v) is 7.38. The average molecular weight is 269 g/mol. The zero-order valence-corrected chi connectivity index (χ0v) is 11.0. The molecule has 3 rings (SSSR count). The Hall–Kier alpha value is -0.950. The van der Waals surface area contributed by atoms with Crippen molar-refractivity contribution in [3.63, 3.8) is 0 Å². The maximum Gasteiger partial charge on any atom is 0.241 e. The van der Waals surface area contributed by atoms with Crippen LogP contribution in [-0.2, 0) is 25.3 Å². The molecule has 0 radical (unpaired) electrons. The fourth-order valence-electron chi connectivity index (χ4n) is 2.41. The van der Waals surface area contributed by atoms with E-state index in [1.54, 1.807) is 24.3 Å². The van der Waals surface area contributed by atoms with Crippen LogP contribution in [0, 0.1) is 0 Å². The summed E-state index contributed by atoms with van der Waals surface area (Å²) in [4.78, 5) is 0.234. The van der Waals surface area contributed by atoms with Gasteiger partial charge in [-0.3, -0.25) is 0 Å². The maximum absolute atomic E-state index is 12.0. The Morgan fingerprint density at radius 1 is 1.22 bits per heavy atom. The third-order valence-corrected chi connectivity index (χ3v) is 4.95. The van der Waals surface area contributed by atoms with Crippen LogP contribution in [0.4, 0.5) is 0 Å². The van der Waals surface area contributed by atoms with Gasteiger partial charge in [-0.25, -0.2) is 13.1 Å². The molecule has 0 saturated carbocycles. The van der Waals surface area contributed by atoms with Gasteiger partial charge in [-0.1, -0.05) is 18.2 Å². The molecule has 18 heavy (non-hydrogen) atoms. The molecule has 1 aromatic carbocycles. The fourth-order valence-corrected chi connectivity index (χ4v) is 3.72. The highest BCUT2D eigenvalue weighted by Gasteiger charge is 2.50. The van der Waals surface area contributed by atoms with E-state index in [0.29, 0.717) is 5.56 Å². The molecule has 2 heterocycles. The minimum atomic E-state index is -3.45. The van der Waals surface area contributed by atoms with Gasteiger partial charge in [0.2, 0.25) is 15.8 Å². The maximum atomic E-state index is 12.0. The van der Waals surface area contributed by atoms with Crippen LogP contribution < -0.4 is 4.72 Å². The Morgan fingerprint density at radius 2 is 1.83 bits per heavy atom. The molecule has 1 saturated heterocycles. The van der Waals surface area contributed by atoms with Crippen molar-refractivity contribution in [3.8, 4) is 0 Å². The van der Waals surface area contributed by atoms with Crippen molar-refractivity contribution >= 4 is 10.0 Å². The fraction of sp³-hybridized carbons (Fsp3) is 0.500. The van der Waals surface area contributed by atoms with E-state index in [1.165, 1.54) is 0 Å². The normalized spacial score (nSPS) is 32.3. The zero-order valence-electron chi connectivity index (χ0n) is 10.2. The molecule has 0 aliphatic carbocycles. The summed E-state index contributed by atoms with van der Waals surface area (Å²) in [7, 11) is -3.45. The molecule has 5 nitrogen and oxygen atoms in total. The first kappa shape index (κ1) is 12.1. The van der Waals surface area contributed by atoms with E-state index in [0.717, 1.165) is 0 Å². The van der Waals surface area contributed by atoms with Crippen LogP contribution in [0.2, 0.25) is 0 Å². The van der Waals surface area contributed by atoms with Crippen molar-refractivity contribution in [2.75, 3.05) is 6.54 Å². The van der Waals surface area contributed by atoms with Crippen molar-refractivity contribution in [2.24, 2.45) is 0 Å². The quantitative estimate of drug-likeness (QED) is 0.762. The molecule has 1 spiro atoms. The highest BCUT2D eigenvalue weighted by molar-refractivity contribution is 7.89. The summed E-state index contributed by atoms with van der Waals surface area (Å²) in [5.74, 6) is -0.985. The molecule has 1 N–H and O–H groups in total. The van der Waals surface area contributed by atoms with E-state index in [2.05, 4.69) is 4.72 Å². The lowest BCUT2D eigenvalue weighted by molar-refractivity contribution is -0.179. The van der Waals surface area contributed by atoms with Gasteiger partial charge in [-0.05, 0) is 19.9 Å². The van der Waals surface area contributed by atoms with Gasteiger partial charge < -0.3 is 9.47 Å². The molecular weight excluding hydrogens is 254 g/mol. The van der Waals surface area contributed by atoms with Crippen LogP contribution in [0.1, 0.15) is 19.4 Å². The Balaban J connectivity index is 2.17. The van der Waals surface area contributed by atoms with Gasteiger partial charge in [0.15, 0.2) is 0 Å². The molecule has 2 atom stereocenters. The third kappa shape index (κ3) is 1.60. The second-order valence-electron chi connectivity index (χ2n) is 4.72. The molecule has 2 aliphatic rings. The highest BCUT2D eigenvalue weighted by Crippen LogP contribution is 2.42. The van der Waals surface area contributed by atoms with E-state index in [1.807, 2.05) is 13.8 Å². The summed E-state index contributed by atoms with van der Waals surface area (Å²) in [6, 6.07) is 6.80. The molecule has 0 aromatic heterocycles. The second kappa shape index (κ2) is 3.77. The number of nitrogens with one attached hydrogen (secondary N) is 1. The summed E-state index contributed by atoms with van der Waals surface area (Å²) in [6.45, 7) is 3.96. The van der Waals surface area contributed by atoms with Gasteiger partial charge in [0.25, 0.3) is 0 Å². The molecule has 98 valence electrons. The van der Waals surface area contributed by atoms with E-state index in [-0.39, 0.29) is 23.6 Å². The molecular formula is C12H15NO4S. The number of sulfonamides is 1. The summed E-state index contributed by atoms with van der Waals surface area (Å²) >= 11 is 0. The standard InChI is InChI=1S/C12H15NO4S/c1-8-9(2)17-12(16-8)7-13-18(14,15)11-6-4-3-5-10(11)12/h3-6,8-9,13H,7H2,1-2H3/t8-,9-/m1/s1. The predicted molar refractivity (Wildman–Crippen MR) is 64.4 cm³/mol. The van der Waals surface area contributed by atoms with E-state index < -0.39 is 15.8 Å². The van der Waals surface area contributed by atoms with Crippen LogP contribution in [0.15, 0.2) is 29.2 Å². The third-order valence-electron chi connectivity index (χ3n) is 3.50. The molecule has 0 amide bonds. The van der Waals surface area contributed by atoms with Crippen LogP contribution in [-0.4, -0.2) is 27.2 Å². The summed E-state index contributed by atoms with van der Waals surface area (Å²) in [5.41, 5.74) is 0.583. The van der Waals surface area contributed by atoms with Gasteiger partial charge in [-0.15, -0.1) is 0 Å². The Kier molecular flexibility index (Phi) is 2.54. The van der Waals surface area contributed by atoms with Crippen LogP contribution in [0.25, 0.3) is 0 Å². The van der Waals surface area contributed by atoms with Gasteiger partial charge in [0, 0.05) is 5.56 Å². The number of benzene rings is 1. The first-order valence-electron chi connectivity index (χ1n) is 5.89. The van der Waals surface area contributed by atoms with Gasteiger partial charge in [0.1, 0.15) is 0 Å². The first-order chi connectivity index (χ1) is 8.45. The molecule has 1 aromatic rings. The summed E-state index contributed by atoms with van der Waals surface area (Å²) in [5, 5.41) is 0. The van der Waals surface area contributed by atoms with Crippen molar-refractivity contribution in [1.29, 1.82) is 0 Å². The average Bonchev–Trinajstić information content (AvgIpc) is 2.63. The Labute approximate surface area is 106 Å². The lowest BCUT2D eigenvalue weighted by Gasteiger charge is -2.34.